The lowest BCUT2D eigenvalue weighted by molar-refractivity contribution is -0.154. The molecule has 1 fully saturated rings. The maximum Gasteiger partial charge on any atom is 0.309 e. The molecular weight excluding hydrogens is 387 g/mol. The van der Waals surface area contributed by atoms with Gasteiger partial charge in [0.2, 0.25) is 5.82 Å². The fourth-order valence-corrected chi connectivity index (χ4v) is 3.67. The molecule has 30 heavy (non-hydrogen) atoms. The van der Waals surface area contributed by atoms with E-state index >= 15 is 0 Å². The number of aromatic nitrogens is 2. The van der Waals surface area contributed by atoms with Crippen molar-refractivity contribution in [1.82, 2.24) is 10.1 Å². The summed E-state index contributed by atoms with van der Waals surface area (Å²) < 4.78 is 29.4. The van der Waals surface area contributed by atoms with E-state index in [0.717, 1.165) is 22.4 Å². The summed E-state index contributed by atoms with van der Waals surface area (Å²) in [6.07, 6.45) is 1.31. The van der Waals surface area contributed by atoms with E-state index in [-0.39, 0.29) is 42.7 Å². The predicted molar refractivity (Wildman–Crippen MR) is 106 cm³/mol. The second kappa shape index (κ2) is 8.65. The molecular formula is C23H23FN2O4. The van der Waals surface area contributed by atoms with Crippen LogP contribution in [0.15, 0.2) is 47.0 Å². The van der Waals surface area contributed by atoms with Crippen LogP contribution in [-0.2, 0) is 22.7 Å². The summed E-state index contributed by atoms with van der Waals surface area (Å²) in [5.41, 5.74) is 3.15. The van der Waals surface area contributed by atoms with E-state index < -0.39 is 0 Å². The number of nitrogens with zero attached hydrogens (tertiary/aromatic N) is 2. The molecule has 1 aliphatic rings. The average Bonchev–Trinajstić information content (AvgIpc) is 3.11. The first-order valence-electron chi connectivity index (χ1n) is 9.91. The van der Waals surface area contributed by atoms with E-state index in [2.05, 4.69) is 16.2 Å². The lowest BCUT2D eigenvalue weighted by Crippen LogP contribution is -2.30. The van der Waals surface area contributed by atoms with Crippen molar-refractivity contribution in [2.75, 3.05) is 0 Å². The van der Waals surface area contributed by atoms with Gasteiger partial charge >= 0.3 is 5.97 Å². The zero-order chi connectivity index (χ0) is 21.1. The highest BCUT2D eigenvalue weighted by molar-refractivity contribution is 5.73. The van der Waals surface area contributed by atoms with Crippen molar-refractivity contribution in [2.24, 2.45) is 5.92 Å². The molecule has 6 nitrogen and oxygen atoms in total. The van der Waals surface area contributed by atoms with Gasteiger partial charge in [-0.05, 0) is 73.6 Å². The number of benzene rings is 2. The van der Waals surface area contributed by atoms with Crippen molar-refractivity contribution in [3.05, 3.63) is 76.7 Å². The summed E-state index contributed by atoms with van der Waals surface area (Å²) in [6, 6.07) is 12.4. The van der Waals surface area contributed by atoms with Crippen LogP contribution in [0.5, 0.6) is 5.75 Å². The second-order valence-electron chi connectivity index (χ2n) is 7.74. The highest BCUT2D eigenvalue weighted by atomic mass is 19.1. The molecule has 0 aliphatic heterocycles. The number of rotatable bonds is 7. The number of carbonyl (C=O) groups excluding carboxylic acids is 1. The molecule has 7 heteroatoms. The van der Waals surface area contributed by atoms with Crippen molar-refractivity contribution in [3.8, 4) is 5.75 Å². The zero-order valence-corrected chi connectivity index (χ0v) is 16.9. The predicted octanol–water partition coefficient (Wildman–Crippen LogP) is 4.64. The van der Waals surface area contributed by atoms with Gasteiger partial charge in [-0.1, -0.05) is 23.4 Å². The van der Waals surface area contributed by atoms with Gasteiger partial charge in [-0.2, -0.15) is 4.98 Å². The van der Waals surface area contributed by atoms with Crippen LogP contribution >= 0.6 is 0 Å². The molecule has 0 saturated heterocycles. The minimum Gasteiger partial charge on any atom is -0.485 e. The highest BCUT2D eigenvalue weighted by Gasteiger charge is 2.36. The zero-order valence-electron chi connectivity index (χ0n) is 16.9. The molecule has 1 aliphatic carbocycles. The molecule has 3 aromatic rings. The van der Waals surface area contributed by atoms with Gasteiger partial charge < -0.3 is 14.0 Å². The molecule has 0 atom stereocenters. The third kappa shape index (κ3) is 4.84. The molecule has 2 aromatic carbocycles. The van der Waals surface area contributed by atoms with Crippen molar-refractivity contribution >= 4 is 5.97 Å². The number of carbonyl (C=O) groups is 1. The first kappa shape index (κ1) is 20.1. The number of aryl methyl sites for hydroxylation is 2. The molecule has 0 unspecified atom stereocenters. The van der Waals surface area contributed by atoms with Gasteiger partial charge in [-0.15, -0.1) is 0 Å². The SMILES string of the molecule is Cc1cc(C)cc(OCc2noc(COC(=O)C3CC(c4cccc(F)c4)C3)n2)c1. The van der Waals surface area contributed by atoms with Gasteiger partial charge in [0, 0.05) is 0 Å². The number of hydrogen-bond acceptors (Lipinski definition) is 6. The Hall–Kier alpha value is -3.22. The van der Waals surface area contributed by atoms with E-state index in [9.17, 15) is 9.18 Å². The quantitative estimate of drug-likeness (QED) is 0.528. The number of hydrogen-bond donors (Lipinski definition) is 0. The summed E-state index contributed by atoms with van der Waals surface area (Å²) >= 11 is 0. The van der Waals surface area contributed by atoms with Crippen LogP contribution in [0.2, 0.25) is 0 Å². The normalized spacial score (nSPS) is 18.0. The number of ether oxygens (including phenoxy) is 2. The molecule has 0 spiro atoms. The van der Waals surface area contributed by atoms with E-state index in [4.69, 9.17) is 14.0 Å². The minimum atomic E-state index is -0.297. The van der Waals surface area contributed by atoms with Crippen LogP contribution < -0.4 is 4.74 Å². The molecule has 1 aromatic heterocycles. The van der Waals surface area contributed by atoms with Gasteiger partial charge in [0.25, 0.3) is 5.89 Å². The maximum absolute atomic E-state index is 13.3. The van der Waals surface area contributed by atoms with Crippen molar-refractivity contribution in [3.63, 3.8) is 0 Å². The van der Waals surface area contributed by atoms with E-state index in [1.165, 1.54) is 12.1 Å². The minimum absolute atomic E-state index is 0.0729. The summed E-state index contributed by atoms with van der Waals surface area (Å²) in [7, 11) is 0. The lowest BCUT2D eigenvalue weighted by atomic mass is 9.71. The van der Waals surface area contributed by atoms with E-state index in [1.54, 1.807) is 6.07 Å². The molecule has 0 bridgehead atoms. The Morgan fingerprint density at radius 3 is 2.63 bits per heavy atom. The Balaban J connectivity index is 1.22. The first-order valence-corrected chi connectivity index (χ1v) is 9.91. The molecule has 156 valence electrons. The molecule has 0 amide bonds. The molecule has 1 saturated carbocycles. The van der Waals surface area contributed by atoms with Crippen LogP contribution in [0, 0.1) is 25.6 Å². The average molecular weight is 410 g/mol. The summed E-state index contributed by atoms with van der Waals surface area (Å²) in [5, 5.41) is 3.86. The smallest absolute Gasteiger partial charge is 0.309 e. The molecule has 1 heterocycles. The number of halogens is 1. The lowest BCUT2D eigenvalue weighted by Gasteiger charge is -2.33. The fraction of sp³-hybridized carbons (Fsp3) is 0.348. The van der Waals surface area contributed by atoms with Gasteiger partial charge in [-0.3, -0.25) is 4.79 Å². The van der Waals surface area contributed by atoms with Crippen molar-refractivity contribution in [2.45, 2.75) is 45.8 Å². The Labute approximate surface area is 174 Å². The van der Waals surface area contributed by atoms with Crippen LogP contribution in [0.1, 0.15) is 47.2 Å². The topological polar surface area (TPSA) is 74.5 Å². The van der Waals surface area contributed by atoms with Crippen LogP contribution in [0.25, 0.3) is 0 Å². The third-order valence-electron chi connectivity index (χ3n) is 5.20. The van der Waals surface area contributed by atoms with Crippen molar-refractivity contribution < 1.29 is 23.2 Å². The van der Waals surface area contributed by atoms with Crippen LogP contribution in [-0.4, -0.2) is 16.1 Å². The maximum atomic E-state index is 13.3. The van der Waals surface area contributed by atoms with Gasteiger partial charge in [-0.25, -0.2) is 4.39 Å². The Bertz CT molecular complexity index is 1020. The van der Waals surface area contributed by atoms with E-state index in [1.807, 2.05) is 32.0 Å². The fourth-order valence-electron chi connectivity index (χ4n) is 3.67. The first-order chi connectivity index (χ1) is 14.5. The number of esters is 1. The Kier molecular flexibility index (Phi) is 5.79. The third-order valence-corrected chi connectivity index (χ3v) is 5.20. The molecule has 0 radical (unpaired) electrons. The van der Waals surface area contributed by atoms with Crippen LogP contribution in [0.4, 0.5) is 4.39 Å². The standard InChI is InChI=1S/C23H23FN2O4/c1-14-6-15(2)8-20(7-14)28-12-21-25-22(30-26-21)13-29-23(27)18-9-17(10-18)16-4-3-5-19(24)11-16/h3-8,11,17-18H,9-10,12-13H2,1-2H3. The van der Waals surface area contributed by atoms with Gasteiger partial charge in [0.1, 0.15) is 11.6 Å². The van der Waals surface area contributed by atoms with Gasteiger partial charge in [0.05, 0.1) is 5.92 Å². The van der Waals surface area contributed by atoms with Crippen molar-refractivity contribution in [1.29, 1.82) is 0 Å². The Morgan fingerprint density at radius 2 is 1.90 bits per heavy atom. The molecule has 0 N–H and O–H groups in total. The Morgan fingerprint density at radius 1 is 1.13 bits per heavy atom. The monoisotopic (exact) mass is 410 g/mol. The summed E-state index contributed by atoms with van der Waals surface area (Å²) in [6.45, 7) is 4.10. The summed E-state index contributed by atoms with van der Waals surface area (Å²) in [5.74, 6) is 0.798. The largest absolute Gasteiger partial charge is 0.485 e. The second-order valence-corrected chi connectivity index (χ2v) is 7.74. The van der Waals surface area contributed by atoms with Gasteiger partial charge in [0.15, 0.2) is 13.2 Å². The highest BCUT2D eigenvalue weighted by Crippen LogP contribution is 2.42. The van der Waals surface area contributed by atoms with E-state index in [0.29, 0.717) is 18.7 Å². The molecule has 4 rings (SSSR count). The van der Waals surface area contributed by atoms with Crippen LogP contribution in [0.3, 0.4) is 0 Å². The summed E-state index contributed by atoms with van der Waals surface area (Å²) in [4.78, 5) is 16.4.